The first-order chi connectivity index (χ1) is 9.13. The van der Waals surface area contributed by atoms with E-state index in [4.69, 9.17) is 5.11 Å². The summed E-state index contributed by atoms with van der Waals surface area (Å²) < 4.78 is 0. The summed E-state index contributed by atoms with van der Waals surface area (Å²) in [6.07, 6.45) is 7.06. The van der Waals surface area contributed by atoms with Crippen LogP contribution in [0.3, 0.4) is 0 Å². The van der Waals surface area contributed by atoms with Gasteiger partial charge in [0, 0.05) is 39.1 Å². The predicted molar refractivity (Wildman–Crippen MR) is 75.9 cm³/mol. The Balaban J connectivity index is 1.77. The van der Waals surface area contributed by atoms with E-state index in [0.717, 1.165) is 39.1 Å². The van der Waals surface area contributed by atoms with E-state index in [-0.39, 0.29) is 12.0 Å². The summed E-state index contributed by atoms with van der Waals surface area (Å²) in [5.74, 6) is 0.341. The first-order valence-electron chi connectivity index (χ1n) is 7.74. The lowest BCUT2D eigenvalue weighted by atomic mass is 9.73. The van der Waals surface area contributed by atoms with Crippen LogP contribution in [0.25, 0.3) is 0 Å². The lowest BCUT2D eigenvalue weighted by Crippen LogP contribution is -2.50. The van der Waals surface area contributed by atoms with E-state index in [0.29, 0.717) is 5.91 Å². The number of carbonyl (C=O) groups is 1. The van der Waals surface area contributed by atoms with Crippen molar-refractivity contribution in [3.63, 3.8) is 0 Å². The summed E-state index contributed by atoms with van der Waals surface area (Å²) in [4.78, 5) is 16.6. The Bertz CT molecular complexity index is 293. The Hall–Kier alpha value is -0.610. The second-order valence-electron chi connectivity index (χ2n) is 6.49. The van der Waals surface area contributed by atoms with Crippen LogP contribution < -0.4 is 0 Å². The van der Waals surface area contributed by atoms with Crippen molar-refractivity contribution < 1.29 is 9.90 Å². The van der Waals surface area contributed by atoms with Crippen LogP contribution in [0.15, 0.2) is 0 Å². The van der Waals surface area contributed by atoms with Crippen LogP contribution in [-0.4, -0.2) is 60.1 Å². The van der Waals surface area contributed by atoms with Crippen LogP contribution in [-0.2, 0) is 4.79 Å². The number of β-amino-alcohol motifs (C(OH)–C–C–N with tert-alkyl or cyclic N) is 1. The van der Waals surface area contributed by atoms with Gasteiger partial charge in [0.05, 0.1) is 6.61 Å². The highest BCUT2D eigenvalue weighted by Gasteiger charge is 2.32. The SMILES string of the molecule is CC1(CC(=O)N2CCN(CCO)CC2)CCCCC1. The van der Waals surface area contributed by atoms with E-state index >= 15 is 0 Å². The molecule has 4 heteroatoms. The number of rotatable bonds is 4. The van der Waals surface area contributed by atoms with Crippen molar-refractivity contribution >= 4 is 5.91 Å². The molecule has 0 atom stereocenters. The molecule has 0 aromatic carbocycles. The van der Waals surface area contributed by atoms with E-state index in [2.05, 4.69) is 11.8 Å². The molecule has 1 N–H and O–H groups in total. The third-order valence-electron chi connectivity index (χ3n) is 4.78. The van der Waals surface area contributed by atoms with E-state index in [1.54, 1.807) is 0 Å². The molecule has 0 aromatic heterocycles. The zero-order valence-electron chi connectivity index (χ0n) is 12.2. The Morgan fingerprint density at radius 1 is 1.11 bits per heavy atom. The summed E-state index contributed by atoms with van der Waals surface area (Å²) in [7, 11) is 0. The predicted octanol–water partition coefficient (Wildman–Crippen LogP) is 1.48. The van der Waals surface area contributed by atoms with Gasteiger partial charge in [-0.2, -0.15) is 0 Å². The average Bonchev–Trinajstić information content (AvgIpc) is 2.40. The highest BCUT2D eigenvalue weighted by molar-refractivity contribution is 5.77. The van der Waals surface area contributed by atoms with Crippen molar-refractivity contribution in [2.75, 3.05) is 39.3 Å². The molecular formula is C15H28N2O2. The molecule has 19 heavy (non-hydrogen) atoms. The maximum absolute atomic E-state index is 12.4. The van der Waals surface area contributed by atoms with Crippen LogP contribution in [0, 0.1) is 5.41 Å². The Morgan fingerprint density at radius 2 is 1.74 bits per heavy atom. The van der Waals surface area contributed by atoms with E-state index < -0.39 is 0 Å². The van der Waals surface area contributed by atoms with Crippen molar-refractivity contribution in [1.29, 1.82) is 0 Å². The van der Waals surface area contributed by atoms with Gasteiger partial charge < -0.3 is 10.0 Å². The van der Waals surface area contributed by atoms with Crippen LogP contribution in [0.5, 0.6) is 0 Å². The molecule has 0 spiro atoms. The van der Waals surface area contributed by atoms with Crippen LogP contribution in [0.2, 0.25) is 0 Å². The Labute approximate surface area is 116 Å². The molecule has 2 rings (SSSR count). The summed E-state index contributed by atoms with van der Waals surface area (Å²) >= 11 is 0. The van der Waals surface area contributed by atoms with Gasteiger partial charge in [0.25, 0.3) is 0 Å². The monoisotopic (exact) mass is 268 g/mol. The van der Waals surface area contributed by atoms with Crippen molar-refractivity contribution in [3.8, 4) is 0 Å². The highest BCUT2D eigenvalue weighted by Crippen LogP contribution is 2.39. The molecule has 110 valence electrons. The molecule has 2 aliphatic rings. The lowest BCUT2D eigenvalue weighted by Gasteiger charge is -2.38. The minimum Gasteiger partial charge on any atom is -0.395 e. The van der Waals surface area contributed by atoms with Crippen molar-refractivity contribution in [1.82, 2.24) is 9.80 Å². The third-order valence-corrected chi connectivity index (χ3v) is 4.78. The number of hydrogen-bond donors (Lipinski definition) is 1. The molecule has 0 unspecified atom stereocenters. The molecule has 2 fully saturated rings. The van der Waals surface area contributed by atoms with Gasteiger partial charge in [-0.25, -0.2) is 0 Å². The van der Waals surface area contributed by atoms with Gasteiger partial charge in [0.15, 0.2) is 0 Å². The number of carbonyl (C=O) groups excluding carboxylic acids is 1. The third kappa shape index (κ3) is 4.18. The van der Waals surface area contributed by atoms with Gasteiger partial charge in [-0.1, -0.05) is 26.2 Å². The van der Waals surface area contributed by atoms with Gasteiger partial charge in [-0.05, 0) is 18.3 Å². The Morgan fingerprint density at radius 3 is 2.32 bits per heavy atom. The molecule has 1 heterocycles. The number of nitrogens with zero attached hydrogens (tertiary/aromatic N) is 2. The van der Waals surface area contributed by atoms with E-state index in [9.17, 15) is 4.79 Å². The van der Waals surface area contributed by atoms with Gasteiger partial charge >= 0.3 is 0 Å². The standard InChI is InChI=1S/C15H28N2O2/c1-15(5-3-2-4-6-15)13-14(19)17-9-7-16(8-10-17)11-12-18/h18H,2-13H2,1H3. The topological polar surface area (TPSA) is 43.8 Å². The average molecular weight is 268 g/mol. The number of aliphatic hydroxyl groups is 1. The smallest absolute Gasteiger partial charge is 0.223 e. The maximum Gasteiger partial charge on any atom is 0.223 e. The minimum absolute atomic E-state index is 0.214. The zero-order valence-corrected chi connectivity index (χ0v) is 12.2. The van der Waals surface area contributed by atoms with Gasteiger partial charge in [0.2, 0.25) is 5.91 Å². The molecule has 0 radical (unpaired) electrons. The Kier molecular flexibility index (Phi) is 5.22. The fraction of sp³-hybridized carbons (Fsp3) is 0.933. The van der Waals surface area contributed by atoms with Crippen LogP contribution in [0.4, 0.5) is 0 Å². The van der Waals surface area contributed by atoms with Gasteiger partial charge in [0.1, 0.15) is 0 Å². The van der Waals surface area contributed by atoms with Gasteiger partial charge in [-0.15, -0.1) is 0 Å². The van der Waals surface area contributed by atoms with E-state index in [1.807, 2.05) is 4.90 Å². The second kappa shape index (κ2) is 6.71. The van der Waals surface area contributed by atoms with Crippen molar-refractivity contribution in [2.45, 2.75) is 45.4 Å². The first kappa shape index (κ1) is 14.8. The lowest BCUT2D eigenvalue weighted by molar-refractivity contribution is -0.135. The summed E-state index contributed by atoms with van der Waals surface area (Å²) in [5.41, 5.74) is 0.248. The van der Waals surface area contributed by atoms with Gasteiger partial charge in [-0.3, -0.25) is 9.69 Å². The largest absolute Gasteiger partial charge is 0.395 e. The van der Waals surface area contributed by atoms with Crippen molar-refractivity contribution in [2.24, 2.45) is 5.41 Å². The molecule has 1 aliphatic carbocycles. The first-order valence-corrected chi connectivity index (χ1v) is 7.74. The molecule has 1 saturated heterocycles. The highest BCUT2D eigenvalue weighted by atomic mass is 16.3. The molecule has 1 aliphatic heterocycles. The van der Waals surface area contributed by atoms with Crippen LogP contribution >= 0.6 is 0 Å². The zero-order chi connectivity index (χ0) is 13.7. The summed E-state index contributed by atoms with van der Waals surface area (Å²) in [6.45, 7) is 6.70. The normalized spacial score (nSPS) is 24.4. The number of piperazine rings is 1. The second-order valence-corrected chi connectivity index (χ2v) is 6.49. The maximum atomic E-state index is 12.4. The summed E-state index contributed by atoms with van der Waals surface area (Å²) in [6, 6.07) is 0. The molecule has 1 amide bonds. The quantitative estimate of drug-likeness (QED) is 0.840. The van der Waals surface area contributed by atoms with Crippen molar-refractivity contribution in [3.05, 3.63) is 0 Å². The summed E-state index contributed by atoms with van der Waals surface area (Å²) in [5, 5.41) is 8.92. The number of amides is 1. The molecule has 1 saturated carbocycles. The molecular weight excluding hydrogens is 240 g/mol. The number of aliphatic hydroxyl groups excluding tert-OH is 1. The fourth-order valence-corrected chi connectivity index (χ4v) is 3.42. The fourth-order valence-electron chi connectivity index (χ4n) is 3.42. The molecule has 0 aromatic rings. The number of hydrogen-bond acceptors (Lipinski definition) is 3. The molecule has 0 bridgehead atoms. The molecule has 4 nitrogen and oxygen atoms in total. The van der Waals surface area contributed by atoms with Crippen LogP contribution in [0.1, 0.15) is 45.4 Å². The van der Waals surface area contributed by atoms with E-state index in [1.165, 1.54) is 32.1 Å². The minimum atomic E-state index is 0.214.